The second kappa shape index (κ2) is 10.9. The first-order chi connectivity index (χ1) is 18.3. The summed E-state index contributed by atoms with van der Waals surface area (Å²) in [5, 5.41) is 3.43. The van der Waals surface area contributed by atoms with Crippen molar-refractivity contribution in [1.29, 1.82) is 0 Å². The summed E-state index contributed by atoms with van der Waals surface area (Å²) in [6.45, 7) is 13.9. The fourth-order valence-electron chi connectivity index (χ4n) is 5.39. The normalized spacial score (nSPS) is 19.4. The van der Waals surface area contributed by atoms with Crippen LogP contribution in [0.2, 0.25) is 0 Å². The molecule has 4 heterocycles. The lowest BCUT2D eigenvalue weighted by atomic mass is 10.0. The van der Waals surface area contributed by atoms with Crippen LogP contribution in [-0.2, 0) is 16.1 Å². The van der Waals surface area contributed by atoms with Crippen LogP contribution in [0.15, 0.2) is 53.7 Å². The molecule has 2 aliphatic rings. The van der Waals surface area contributed by atoms with Gasteiger partial charge in [-0.1, -0.05) is 44.7 Å². The van der Waals surface area contributed by atoms with Crippen LogP contribution in [0, 0.1) is 5.92 Å². The van der Waals surface area contributed by atoms with E-state index < -0.39 is 0 Å². The number of amides is 2. The Morgan fingerprint density at radius 1 is 1.13 bits per heavy atom. The fraction of sp³-hybridized carbons (Fsp3) is 0.448. The molecule has 0 bridgehead atoms. The minimum absolute atomic E-state index is 0.00489. The van der Waals surface area contributed by atoms with Gasteiger partial charge in [-0.2, -0.15) is 4.98 Å². The van der Waals surface area contributed by atoms with Crippen molar-refractivity contribution in [3.63, 3.8) is 0 Å². The number of carbonyl (C=O) groups is 2. The smallest absolute Gasteiger partial charge is 0.246 e. The summed E-state index contributed by atoms with van der Waals surface area (Å²) >= 11 is 0. The standard InChI is InChI=1S/C29H36N6O3/c1-5-25(36)34-15-13-33(14-16-34)18-21-6-8-22(9-7-21)20(4)30-29-31-23-12-17-38-27(23)28(32-29)35-24(19(2)3)10-11-26(35)37/h5-9,12,17,19-20,24H,1,10-11,13-16,18H2,2-4H3,(H,30,31,32)/t20-,24+/m0/s1. The second-order valence-electron chi connectivity index (χ2n) is 10.5. The molecular formula is C29H36N6O3. The Morgan fingerprint density at radius 3 is 2.55 bits per heavy atom. The summed E-state index contributed by atoms with van der Waals surface area (Å²) in [4.78, 5) is 40.1. The molecule has 2 aliphatic heterocycles. The van der Waals surface area contributed by atoms with Crippen LogP contribution in [0.4, 0.5) is 11.8 Å². The molecule has 2 aromatic heterocycles. The van der Waals surface area contributed by atoms with Gasteiger partial charge in [0.25, 0.3) is 0 Å². The van der Waals surface area contributed by atoms with E-state index in [1.807, 2.05) is 11.0 Å². The summed E-state index contributed by atoms with van der Waals surface area (Å²) in [7, 11) is 0. The molecule has 0 saturated carbocycles. The van der Waals surface area contributed by atoms with E-state index >= 15 is 0 Å². The number of fused-ring (bicyclic) bond motifs is 1. The molecule has 2 saturated heterocycles. The Labute approximate surface area is 223 Å². The number of hydrogen-bond donors (Lipinski definition) is 1. The van der Waals surface area contributed by atoms with Crippen LogP contribution in [0.25, 0.3) is 11.1 Å². The SMILES string of the molecule is C=CC(=O)N1CCN(Cc2ccc([C@H](C)Nc3nc(N4C(=O)CC[C@@H]4C(C)C)c4occc4n3)cc2)CC1. The highest BCUT2D eigenvalue weighted by Gasteiger charge is 2.37. The zero-order valence-corrected chi connectivity index (χ0v) is 22.4. The van der Waals surface area contributed by atoms with Gasteiger partial charge in [0, 0.05) is 51.3 Å². The minimum atomic E-state index is -0.0371. The highest BCUT2D eigenvalue weighted by molar-refractivity contribution is 6.01. The van der Waals surface area contributed by atoms with E-state index in [4.69, 9.17) is 9.40 Å². The molecule has 1 aromatic carbocycles. The summed E-state index contributed by atoms with van der Waals surface area (Å²) < 4.78 is 5.71. The van der Waals surface area contributed by atoms with Gasteiger partial charge in [-0.3, -0.25) is 19.4 Å². The third-order valence-corrected chi connectivity index (χ3v) is 7.63. The lowest BCUT2D eigenvalue weighted by Crippen LogP contribution is -2.47. The van der Waals surface area contributed by atoms with E-state index in [1.165, 1.54) is 11.6 Å². The lowest BCUT2D eigenvalue weighted by Gasteiger charge is -2.34. The number of nitrogens with one attached hydrogen (secondary N) is 1. The average molecular weight is 517 g/mol. The van der Waals surface area contributed by atoms with Gasteiger partial charge in [-0.05, 0) is 36.5 Å². The molecule has 2 fully saturated rings. The number of aromatic nitrogens is 2. The van der Waals surface area contributed by atoms with Gasteiger partial charge in [0.05, 0.1) is 12.3 Å². The van der Waals surface area contributed by atoms with Crippen molar-refractivity contribution < 1.29 is 14.0 Å². The van der Waals surface area contributed by atoms with Gasteiger partial charge in [0.2, 0.25) is 17.8 Å². The zero-order valence-electron chi connectivity index (χ0n) is 22.4. The maximum atomic E-state index is 12.8. The van der Waals surface area contributed by atoms with Crippen molar-refractivity contribution in [2.75, 3.05) is 36.4 Å². The van der Waals surface area contributed by atoms with Gasteiger partial charge >= 0.3 is 0 Å². The molecule has 3 aromatic rings. The van der Waals surface area contributed by atoms with E-state index in [9.17, 15) is 9.59 Å². The molecular weight excluding hydrogens is 480 g/mol. The van der Waals surface area contributed by atoms with E-state index in [1.54, 1.807) is 11.2 Å². The first-order valence-corrected chi connectivity index (χ1v) is 13.4. The van der Waals surface area contributed by atoms with Crippen molar-refractivity contribution >= 4 is 34.7 Å². The van der Waals surface area contributed by atoms with Crippen LogP contribution < -0.4 is 10.2 Å². The molecule has 9 nitrogen and oxygen atoms in total. The highest BCUT2D eigenvalue weighted by Crippen LogP contribution is 2.35. The molecule has 2 amide bonds. The fourth-order valence-corrected chi connectivity index (χ4v) is 5.39. The van der Waals surface area contributed by atoms with Crippen molar-refractivity contribution in [1.82, 2.24) is 19.8 Å². The summed E-state index contributed by atoms with van der Waals surface area (Å²) in [5.41, 5.74) is 3.57. The van der Waals surface area contributed by atoms with Crippen molar-refractivity contribution in [3.05, 3.63) is 60.4 Å². The van der Waals surface area contributed by atoms with E-state index in [-0.39, 0.29) is 23.9 Å². The maximum absolute atomic E-state index is 12.8. The third-order valence-electron chi connectivity index (χ3n) is 7.63. The topological polar surface area (TPSA) is 94.8 Å². The van der Waals surface area contributed by atoms with Crippen LogP contribution in [0.5, 0.6) is 0 Å². The number of furan rings is 1. The van der Waals surface area contributed by atoms with Crippen LogP contribution in [0.1, 0.15) is 50.8 Å². The third kappa shape index (κ3) is 5.29. The van der Waals surface area contributed by atoms with Crippen LogP contribution in [0.3, 0.4) is 0 Å². The number of anilines is 2. The number of nitrogens with zero attached hydrogens (tertiary/aromatic N) is 5. The van der Waals surface area contributed by atoms with E-state index in [0.717, 1.165) is 44.7 Å². The summed E-state index contributed by atoms with van der Waals surface area (Å²) in [6.07, 6.45) is 4.31. The first-order valence-electron chi connectivity index (χ1n) is 13.4. The largest absolute Gasteiger partial charge is 0.459 e. The van der Waals surface area contributed by atoms with Crippen LogP contribution >= 0.6 is 0 Å². The molecule has 38 heavy (non-hydrogen) atoms. The van der Waals surface area contributed by atoms with Gasteiger partial charge in [0.1, 0.15) is 5.52 Å². The predicted molar refractivity (Wildman–Crippen MR) is 148 cm³/mol. The quantitative estimate of drug-likeness (QED) is 0.444. The zero-order chi connectivity index (χ0) is 26.8. The van der Waals surface area contributed by atoms with Gasteiger partial charge in [-0.15, -0.1) is 0 Å². The molecule has 200 valence electrons. The Morgan fingerprint density at radius 2 is 1.87 bits per heavy atom. The number of carbonyl (C=O) groups excluding carboxylic acids is 2. The maximum Gasteiger partial charge on any atom is 0.246 e. The average Bonchev–Trinajstić information content (AvgIpc) is 3.55. The molecule has 0 aliphatic carbocycles. The molecule has 0 spiro atoms. The molecule has 0 unspecified atom stereocenters. The predicted octanol–water partition coefficient (Wildman–Crippen LogP) is 4.38. The Hall–Kier alpha value is -3.72. The molecule has 5 rings (SSSR count). The van der Waals surface area contributed by atoms with E-state index in [2.05, 4.69) is 66.8 Å². The lowest BCUT2D eigenvalue weighted by molar-refractivity contribution is -0.127. The highest BCUT2D eigenvalue weighted by atomic mass is 16.3. The molecule has 9 heteroatoms. The summed E-state index contributed by atoms with van der Waals surface area (Å²) in [6, 6.07) is 10.4. The van der Waals surface area contributed by atoms with E-state index in [0.29, 0.717) is 35.2 Å². The Bertz CT molecular complexity index is 1310. The number of piperazine rings is 1. The number of rotatable bonds is 8. The van der Waals surface area contributed by atoms with Crippen molar-refractivity contribution in [3.8, 4) is 0 Å². The Kier molecular flexibility index (Phi) is 7.46. The monoisotopic (exact) mass is 516 g/mol. The minimum Gasteiger partial charge on any atom is -0.459 e. The number of hydrogen-bond acceptors (Lipinski definition) is 7. The van der Waals surface area contributed by atoms with Crippen molar-refractivity contribution in [2.24, 2.45) is 5.92 Å². The summed E-state index contributed by atoms with van der Waals surface area (Å²) in [5.74, 6) is 1.41. The second-order valence-corrected chi connectivity index (χ2v) is 10.5. The molecule has 1 N–H and O–H groups in total. The van der Waals surface area contributed by atoms with Gasteiger partial charge < -0.3 is 14.6 Å². The van der Waals surface area contributed by atoms with Crippen LogP contribution in [-0.4, -0.2) is 63.8 Å². The Balaban J connectivity index is 1.27. The van der Waals surface area contributed by atoms with Gasteiger partial charge in [-0.25, -0.2) is 4.98 Å². The number of benzene rings is 1. The molecule has 2 atom stereocenters. The van der Waals surface area contributed by atoms with Crippen molar-refractivity contribution in [2.45, 2.75) is 52.2 Å². The van der Waals surface area contributed by atoms with Gasteiger partial charge in [0.15, 0.2) is 11.4 Å². The molecule has 0 radical (unpaired) electrons. The first kappa shape index (κ1) is 25.9.